The molecule has 0 unspecified atom stereocenters. The number of esters is 1. The van der Waals surface area contributed by atoms with Crippen molar-refractivity contribution in [2.75, 3.05) is 32.8 Å². The molecule has 1 saturated heterocycles. The summed E-state index contributed by atoms with van der Waals surface area (Å²) in [6, 6.07) is 16.9. The molecule has 2 amide bonds. The number of ether oxygens (including phenoxy) is 2. The van der Waals surface area contributed by atoms with Gasteiger partial charge >= 0.3 is 12.1 Å². The van der Waals surface area contributed by atoms with Gasteiger partial charge in [-0.15, -0.1) is 0 Å². The van der Waals surface area contributed by atoms with Crippen molar-refractivity contribution in [3.8, 4) is 0 Å². The third-order valence-corrected chi connectivity index (χ3v) is 5.33. The Balaban J connectivity index is 1.38. The zero-order valence-corrected chi connectivity index (χ0v) is 20.1. The molecule has 0 atom stereocenters. The topological polar surface area (TPSA) is 88.2 Å². The van der Waals surface area contributed by atoms with Crippen LogP contribution in [-0.4, -0.2) is 66.2 Å². The fourth-order valence-corrected chi connectivity index (χ4v) is 3.55. The second-order valence-corrected chi connectivity index (χ2v) is 9.27. The number of rotatable bonds is 7. The van der Waals surface area contributed by atoms with Crippen molar-refractivity contribution in [2.24, 2.45) is 0 Å². The summed E-state index contributed by atoms with van der Waals surface area (Å²) in [4.78, 5) is 40.6. The molecule has 182 valence electrons. The molecule has 8 heteroatoms. The minimum atomic E-state index is -0.565. The molecule has 2 aromatic carbocycles. The second kappa shape index (κ2) is 11.7. The minimum Gasteiger partial charge on any atom is -0.452 e. The Labute approximate surface area is 200 Å². The van der Waals surface area contributed by atoms with E-state index >= 15 is 0 Å². The monoisotopic (exact) mass is 467 g/mol. The number of piperazine rings is 1. The summed E-state index contributed by atoms with van der Waals surface area (Å²) in [5.41, 5.74) is 1.85. The third kappa shape index (κ3) is 8.19. The highest BCUT2D eigenvalue weighted by Crippen LogP contribution is 2.11. The summed E-state index contributed by atoms with van der Waals surface area (Å²) >= 11 is 0. The number of alkyl carbamates (subject to hydrolysis) is 1. The molecule has 1 N–H and O–H groups in total. The largest absolute Gasteiger partial charge is 0.452 e. The molecular formula is C26H33N3O5. The lowest BCUT2D eigenvalue weighted by atomic mass is 10.1. The maximum Gasteiger partial charge on any atom is 0.407 e. The Bertz CT molecular complexity index is 962. The van der Waals surface area contributed by atoms with E-state index in [4.69, 9.17) is 9.47 Å². The highest BCUT2D eigenvalue weighted by Gasteiger charge is 2.22. The summed E-state index contributed by atoms with van der Waals surface area (Å²) in [5, 5.41) is 2.67. The van der Waals surface area contributed by atoms with Crippen LogP contribution in [0.15, 0.2) is 54.6 Å². The summed E-state index contributed by atoms with van der Waals surface area (Å²) in [5.74, 6) is -0.742. The van der Waals surface area contributed by atoms with Gasteiger partial charge in [-0.2, -0.15) is 0 Å². The van der Waals surface area contributed by atoms with E-state index in [1.54, 1.807) is 49.9 Å². The summed E-state index contributed by atoms with van der Waals surface area (Å²) in [6.45, 7) is 9.04. The molecule has 0 radical (unpaired) electrons. The van der Waals surface area contributed by atoms with Gasteiger partial charge < -0.3 is 19.7 Å². The number of carbonyl (C=O) groups excluding carboxylic acids is 3. The molecule has 0 spiro atoms. The second-order valence-electron chi connectivity index (χ2n) is 9.27. The maximum atomic E-state index is 12.5. The zero-order valence-electron chi connectivity index (χ0n) is 20.1. The van der Waals surface area contributed by atoms with Gasteiger partial charge in [0.2, 0.25) is 0 Å². The number of amides is 2. The number of nitrogens with zero attached hydrogens (tertiary/aromatic N) is 2. The van der Waals surface area contributed by atoms with Crippen LogP contribution in [0, 0.1) is 0 Å². The fourth-order valence-electron chi connectivity index (χ4n) is 3.55. The normalized spacial score (nSPS) is 14.4. The quantitative estimate of drug-likeness (QED) is 0.629. The number of nitrogens with one attached hydrogen (secondary N) is 1. The van der Waals surface area contributed by atoms with Crippen molar-refractivity contribution in [3.05, 3.63) is 71.3 Å². The smallest absolute Gasteiger partial charge is 0.407 e. The highest BCUT2D eigenvalue weighted by atomic mass is 16.6. The van der Waals surface area contributed by atoms with Crippen molar-refractivity contribution in [2.45, 2.75) is 39.5 Å². The Kier molecular flexibility index (Phi) is 8.65. The van der Waals surface area contributed by atoms with Crippen LogP contribution in [0.5, 0.6) is 0 Å². The van der Waals surface area contributed by atoms with Gasteiger partial charge in [-0.25, -0.2) is 9.59 Å². The Morgan fingerprint density at radius 1 is 0.882 bits per heavy atom. The van der Waals surface area contributed by atoms with Crippen LogP contribution < -0.4 is 5.32 Å². The van der Waals surface area contributed by atoms with E-state index in [-0.39, 0.29) is 19.1 Å². The number of benzene rings is 2. The first-order valence-electron chi connectivity index (χ1n) is 11.5. The minimum absolute atomic E-state index is 0.189. The van der Waals surface area contributed by atoms with Crippen molar-refractivity contribution in [1.82, 2.24) is 15.1 Å². The predicted octanol–water partition coefficient (Wildman–Crippen LogP) is 3.21. The molecule has 3 rings (SSSR count). The summed E-state index contributed by atoms with van der Waals surface area (Å²) < 4.78 is 10.4. The highest BCUT2D eigenvalue weighted by molar-refractivity contribution is 5.91. The van der Waals surface area contributed by atoms with Gasteiger partial charge in [0.15, 0.2) is 6.61 Å². The molecule has 2 aromatic rings. The van der Waals surface area contributed by atoms with Crippen LogP contribution in [-0.2, 0) is 27.4 Å². The first kappa shape index (κ1) is 25.2. The lowest BCUT2D eigenvalue weighted by Gasteiger charge is -2.34. The molecule has 1 aliphatic rings. The van der Waals surface area contributed by atoms with E-state index in [1.165, 1.54) is 5.56 Å². The molecule has 0 aromatic heterocycles. The van der Waals surface area contributed by atoms with Crippen LogP contribution in [0.3, 0.4) is 0 Å². The lowest BCUT2D eigenvalue weighted by molar-refractivity contribution is -0.136. The van der Waals surface area contributed by atoms with E-state index in [1.807, 2.05) is 18.2 Å². The van der Waals surface area contributed by atoms with Crippen LogP contribution in [0.2, 0.25) is 0 Å². The van der Waals surface area contributed by atoms with Crippen molar-refractivity contribution in [3.63, 3.8) is 0 Å². The zero-order chi connectivity index (χ0) is 24.6. The molecule has 0 bridgehead atoms. The van der Waals surface area contributed by atoms with Gasteiger partial charge in [-0.3, -0.25) is 9.69 Å². The average Bonchev–Trinajstić information content (AvgIpc) is 2.81. The molecule has 1 aliphatic heterocycles. The molecule has 0 aliphatic carbocycles. The molecule has 1 fully saturated rings. The van der Waals surface area contributed by atoms with Crippen molar-refractivity contribution >= 4 is 18.0 Å². The van der Waals surface area contributed by atoms with Gasteiger partial charge in [0.05, 0.1) is 5.56 Å². The first-order valence-corrected chi connectivity index (χ1v) is 11.5. The Morgan fingerprint density at radius 3 is 2.15 bits per heavy atom. The van der Waals surface area contributed by atoms with Crippen LogP contribution in [0.4, 0.5) is 4.79 Å². The molecule has 34 heavy (non-hydrogen) atoms. The molecule has 1 heterocycles. The van der Waals surface area contributed by atoms with Crippen LogP contribution >= 0.6 is 0 Å². The number of carbonyl (C=O) groups is 3. The van der Waals surface area contributed by atoms with Gasteiger partial charge in [-0.05, 0) is 44.0 Å². The van der Waals surface area contributed by atoms with E-state index in [9.17, 15) is 14.4 Å². The molecule has 0 saturated carbocycles. The van der Waals surface area contributed by atoms with Crippen LogP contribution in [0.1, 0.15) is 42.3 Å². The third-order valence-electron chi connectivity index (χ3n) is 5.33. The number of hydrogen-bond acceptors (Lipinski definition) is 6. The van der Waals surface area contributed by atoms with Crippen LogP contribution in [0.25, 0.3) is 0 Å². The summed E-state index contributed by atoms with van der Waals surface area (Å²) in [6.07, 6.45) is -0.504. The fraction of sp³-hybridized carbons (Fsp3) is 0.423. The van der Waals surface area contributed by atoms with Gasteiger partial charge in [0.1, 0.15) is 5.60 Å². The maximum absolute atomic E-state index is 12.5. The number of hydrogen-bond donors (Lipinski definition) is 1. The average molecular weight is 468 g/mol. The SMILES string of the molecule is CC(C)(C)OC(=O)NCc1ccc(C(=O)OCC(=O)N2CCN(Cc3ccccc3)CC2)cc1. The van der Waals surface area contributed by atoms with E-state index in [2.05, 4.69) is 22.3 Å². The standard InChI is InChI=1S/C26H33N3O5/c1-26(2,3)34-25(32)27-17-20-9-11-22(12-10-20)24(31)33-19-23(30)29-15-13-28(14-16-29)18-21-7-5-4-6-8-21/h4-12H,13-19H2,1-3H3,(H,27,32). The Hall–Kier alpha value is -3.39. The van der Waals surface area contributed by atoms with Gasteiger partial charge in [0, 0.05) is 39.3 Å². The van der Waals surface area contributed by atoms with Crippen molar-refractivity contribution < 1.29 is 23.9 Å². The van der Waals surface area contributed by atoms with E-state index < -0.39 is 17.7 Å². The molecule has 8 nitrogen and oxygen atoms in total. The van der Waals surface area contributed by atoms with E-state index in [0.29, 0.717) is 18.7 Å². The first-order chi connectivity index (χ1) is 16.2. The van der Waals surface area contributed by atoms with Crippen molar-refractivity contribution in [1.29, 1.82) is 0 Å². The molecular weight excluding hydrogens is 434 g/mol. The van der Waals surface area contributed by atoms with Gasteiger partial charge in [0.25, 0.3) is 5.91 Å². The Morgan fingerprint density at radius 2 is 1.53 bits per heavy atom. The lowest BCUT2D eigenvalue weighted by Crippen LogP contribution is -2.49. The van der Waals surface area contributed by atoms with E-state index in [0.717, 1.165) is 25.2 Å². The predicted molar refractivity (Wildman–Crippen MR) is 128 cm³/mol. The van der Waals surface area contributed by atoms with Gasteiger partial charge in [-0.1, -0.05) is 42.5 Å². The summed E-state index contributed by atoms with van der Waals surface area (Å²) in [7, 11) is 0.